The van der Waals surface area contributed by atoms with Crippen molar-refractivity contribution in [3.8, 4) is 11.8 Å². The first-order valence-corrected chi connectivity index (χ1v) is 9.33. The molecule has 27 heavy (non-hydrogen) atoms. The van der Waals surface area contributed by atoms with Gasteiger partial charge >= 0.3 is 0 Å². The van der Waals surface area contributed by atoms with Crippen molar-refractivity contribution in [3.05, 3.63) is 58.6 Å². The molecule has 0 unspecified atom stereocenters. The molecule has 1 aliphatic rings. The lowest BCUT2D eigenvalue weighted by Crippen LogP contribution is -2.40. The number of amides is 1. The highest BCUT2D eigenvalue weighted by Crippen LogP contribution is 2.28. The van der Waals surface area contributed by atoms with Crippen molar-refractivity contribution in [1.29, 1.82) is 5.26 Å². The van der Waals surface area contributed by atoms with Crippen LogP contribution in [0.2, 0.25) is 5.02 Å². The maximum Gasteiger partial charge on any atom is 0.223 e. The Bertz CT molecular complexity index is 837. The van der Waals surface area contributed by atoms with Crippen molar-refractivity contribution in [3.63, 3.8) is 0 Å². The second-order valence-corrected chi connectivity index (χ2v) is 7.04. The van der Waals surface area contributed by atoms with Gasteiger partial charge < -0.3 is 15.0 Å². The van der Waals surface area contributed by atoms with Crippen LogP contribution in [0.3, 0.4) is 0 Å². The van der Waals surface area contributed by atoms with E-state index < -0.39 is 0 Å². The number of carbonyl (C=O) groups is 1. The number of ether oxygens (including phenoxy) is 1. The predicted octanol–water partition coefficient (Wildman–Crippen LogP) is 3.75. The second-order valence-electron chi connectivity index (χ2n) is 6.60. The first kappa shape index (κ1) is 19.1. The molecule has 1 fully saturated rings. The van der Waals surface area contributed by atoms with E-state index in [1.807, 2.05) is 30.3 Å². The van der Waals surface area contributed by atoms with Crippen molar-refractivity contribution < 1.29 is 9.53 Å². The quantitative estimate of drug-likeness (QED) is 0.853. The Morgan fingerprint density at radius 1 is 1.26 bits per heavy atom. The van der Waals surface area contributed by atoms with Crippen LogP contribution in [0.4, 0.5) is 5.69 Å². The summed E-state index contributed by atoms with van der Waals surface area (Å²) in [6, 6.07) is 15.2. The molecule has 1 amide bonds. The smallest absolute Gasteiger partial charge is 0.223 e. The number of benzene rings is 2. The summed E-state index contributed by atoms with van der Waals surface area (Å²) >= 11 is 5.97. The zero-order valence-electron chi connectivity index (χ0n) is 15.2. The molecule has 0 radical (unpaired) electrons. The summed E-state index contributed by atoms with van der Waals surface area (Å²) in [7, 11) is 1.63. The molecular weight excluding hydrogens is 362 g/mol. The standard InChI is InChI=1S/C21H22ClN3O2/c1-27-19-5-2-15(3-6-19)14-24-21(26)16-8-10-25(11-9-16)20-7-4-18(22)12-17(20)13-23/h2-7,12,16H,8-11,14H2,1H3,(H,24,26). The molecule has 0 saturated carbocycles. The first-order chi connectivity index (χ1) is 13.1. The minimum absolute atomic E-state index is 0.00247. The molecule has 5 nitrogen and oxygen atoms in total. The molecule has 140 valence electrons. The molecule has 0 aliphatic carbocycles. The summed E-state index contributed by atoms with van der Waals surface area (Å²) in [5, 5.41) is 12.9. The number of hydrogen-bond donors (Lipinski definition) is 1. The lowest BCUT2D eigenvalue weighted by Gasteiger charge is -2.33. The minimum atomic E-state index is -0.00247. The lowest BCUT2D eigenvalue weighted by molar-refractivity contribution is -0.125. The number of hydrogen-bond acceptors (Lipinski definition) is 4. The number of nitrogens with one attached hydrogen (secondary N) is 1. The average molecular weight is 384 g/mol. The molecule has 1 saturated heterocycles. The zero-order chi connectivity index (χ0) is 19.2. The molecule has 1 aliphatic heterocycles. The van der Waals surface area contributed by atoms with Crippen molar-refractivity contribution in [1.82, 2.24) is 5.32 Å². The van der Waals surface area contributed by atoms with E-state index in [-0.39, 0.29) is 11.8 Å². The molecule has 0 aromatic heterocycles. The van der Waals surface area contributed by atoms with Gasteiger partial charge in [-0.2, -0.15) is 5.26 Å². The summed E-state index contributed by atoms with van der Waals surface area (Å²) in [6.45, 7) is 2.01. The van der Waals surface area contributed by atoms with E-state index in [9.17, 15) is 10.1 Å². The topological polar surface area (TPSA) is 65.4 Å². The van der Waals surface area contributed by atoms with E-state index in [4.69, 9.17) is 16.3 Å². The summed E-state index contributed by atoms with van der Waals surface area (Å²) in [6.07, 6.45) is 1.53. The normalized spacial score (nSPS) is 14.5. The van der Waals surface area contributed by atoms with Crippen LogP contribution in [0.1, 0.15) is 24.0 Å². The van der Waals surface area contributed by atoms with Crippen LogP contribution >= 0.6 is 11.6 Å². The SMILES string of the molecule is COc1ccc(CNC(=O)C2CCN(c3ccc(Cl)cc3C#N)CC2)cc1. The summed E-state index contributed by atoms with van der Waals surface area (Å²) in [5.41, 5.74) is 2.50. The number of anilines is 1. The van der Waals surface area contributed by atoms with Gasteiger partial charge in [-0.15, -0.1) is 0 Å². The van der Waals surface area contributed by atoms with Crippen molar-refractivity contribution in [2.75, 3.05) is 25.1 Å². The molecule has 1 heterocycles. The highest BCUT2D eigenvalue weighted by atomic mass is 35.5. The van der Waals surface area contributed by atoms with Crippen LogP contribution in [-0.2, 0) is 11.3 Å². The van der Waals surface area contributed by atoms with E-state index >= 15 is 0 Å². The summed E-state index contributed by atoms with van der Waals surface area (Å²) in [4.78, 5) is 14.6. The number of methoxy groups -OCH3 is 1. The Labute approximate surface area is 164 Å². The molecular formula is C21H22ClN3O2. The van der Waals surface area contributed by atoms with E-state index in [1.165, 1.54) is 0 Å². The molecule has 2 aromatic carbocycles. The van der Waals surface area contributed by atoms with Gasteiger partial charge in [0.25, 0.3) is 0 Å². The Kier molecular flexibility index (Phi) is 6.20. The van der Waals surface area contributed by atoms with Gasteiger partial charge in [0.05, 0.1) is 18.4 Å². The monoisotopic (exact) mass is 383 g/mol. The Morgan fingerprint density at radius 2 is 1.96 bits per heavy atom. The summed E-state index contributed by atoms with van der Waals surface area (Å²) < 4.78 is 5.14. The van der Waals surface area contributed by atoms with Crippen LogP contribution in [0, 0.1) is 17.2 Å². The zero-order valence-corrected chi connectivity index (χ0v) is 16.0. The largest absolute Gasteiger partial charge is 0.497 e. The van der Waals surface area contributed by atoms with Crippen LogP contribution < -0.4 is 15.0 Å². The third-order valence-electron chi connectivity index (χ3n) is 4.91. The molecule has 1 N–H and O–H groups in total. The molecule has 2 aromatic rings. The summed E-state index contributed by atoms with van der Waals surface area (Å²) in [5.74, 6) is 0.885. The fourth-order valence-electron chi connectivity index (χ4n) is 3.33. The number of nitriles is 1. The Morgan fingerprint density at radius 3 is 2.59 bits per heavy atom. The van der Waals surface area contributed by atoms with Crippen molar-refractivity contribution >= 4 is 23.2 Å². The van der Waals surface area contributed by atoms with Crippen molar-refractivity contribution in [2.45, 2.75) is 19.4 Å². The minimum Gasteiger partial charge on any atom is -0.497 e. The highest BCUT2D eigenvalue weighted by molar-refractivity contribution is 6.30. The van der Waals surface area contributed by atoms with Crippen LogP contribution in [-0.4, -0.2) is 26.1 Å². The molecule has 0 spiro atoms. The Hall–Kier alpha value is -2.71. The predicted molar refractivity (Wildman–Crippen MR) is 106 cm³/mol. The molecule has 3 rings (SSSR count). The van der Waals surface area contributed by atoms with E-state index in [0.717, 1.165) is 42.9 Å². The third-order valence-corrected chi connectivity index (χ3v) is 5.15. The number of carbonyl (C=O) groups excluding carboxylic acids is 1. The van der Waals surface area contributed by atoms with Gasteiger partial charge in [-0.3, -0.25) is 4.79 Å². The Balaban J connectivity index is 1.52. The van der Waals surface area contributed by atoms with E-state index in [0.29, 0.717) is 17.1 Å². The third kappa shape index (κ3) is 4.72. The van der Waals surface area contributed by atoms with Crippen LogP contribution in [0.25, 0.3) is 0 Å². The van der Waals surface area contributed by atoms with Gasteiger partial charge in [-0.25, -0.2) is 0 Å². The van der Waals surface area contributed by atoms with Gasteiger partial charge in [0.1, 0.15) is 11.8 Å². The number of piperidine rings is 1. The molecule has 0 atom stereocenters. The van der Waals surface area contributed by atoms with Crippen LogP contribution in [0.15, 0.2) is 42.5 Å². The van der Waals surface area contributed by atoms with Gasteiger partial charge in [0.2, 0.25) is 5.91 Å². The van der Waals surface area contributed by atoms with E-state index in [2.05, 4.69) is 16.3 Å². The fraction of sp³-hybridized carbons (Fsp3) is 0.333. The van der Waals surface area contributed by atoms with Crippen molar-refractivity contribution in [2.24, 2.45) is 5.92 Å². The number of halogens is 1. The maximum absolute atomic E-state index is 12.5. The van der Waals surface area contributed by atoms with Gasteiger partial charge in [0.15, 0.2) is 0 Å². The van der Waals surface area contributed by atoms with Gasteiger partial charge in [0, 0.05) is 30.6 Å². The van der Waals surface area contributed by atoms with Gasteiger partial charge in [-0.1, -0.05) is 23.7 Å². The lowest BCUT2D eigenvalue weighted by atomic mass is 9.95. The second kappa shape index (κ2) is 8.79. The van der Waals surface area contributed by atoms with Crippen LogP contribution in [0.5, 0.6) is 5.75 Å². The fourth-order valence-corrected chi connectivity index (χ4v) is 3.51. The maximum atomic E-state index is 12.5. The molecule has 6 heteroatoms. The average Bonchev–Trinajstić information content (AvgIpc) is 2.72. The number of rotatable bonds is 5. The highest BCUT2D eigenvalue weighted by Gasteiger charge is 2.26. The first-order valence-electron chi connectivity index (χ1n) is 8.96. The molecule has 0 bridgehead atoms. The number of nitrogens with zero attached hydrogens (tertiary/aromatic N) is 2. The van der Waals surface area contributed by atoms with Gasteiger partial charge in [-0.05, 0) is 48.7 Å². The van der Waals surface area contributed by atoms with E-state index in [1.54, 1.807) is 19.2 Å².